The third-order valence-electron chi connectivity index (χ3n) is 6.52. The molecule has 1 amide bonds. The fraction of sp³-hybridized carbons (Fsp3) is 0.222. The number of carbonyl (C=O) groups is 1. The fourth-order valence-corrected chi connectivity index (χ4v) is 4.64. The number of hydrogen-bond acceptors (Lipinski definition) is 6. The number of anilines is 2. The Balaban J connectivity index is 1.54. The number of nitro benzene ring substituents is 1. The quantitative estimate of drug-likeness (QED) is 0.265. The van der Waals surface area contributed by atoms with Crippen molar-refractivity contribution < 1.29 is 9.72 Å². The summed E-state index contributed by atoms with van der Waals surface area (Å²) in [6.45, 7) is 3.60. The van der Waals surface area contributed by atoms with E-state index in [0.717, 1.165) is 36.4 Å². The number of carbonyl (C=O) groups excluding carboxylic acids is 1. The molecule has 8 heteroatoms. The van der Waals surface area contributed by atoms with Crippen LogP contribution in [-0.4, -0.2) is 28.8 Å². The van der Waals surface area contributed by atoms with E-state index in [2.05, 4.69) is 27.7 Å². The van der Waals surface area contributed by atoms with E-state index in [1.807, 2.05) is 36.4 Å². The van der Waals surface area contributed by atoms with Gasteiger partial charge in [-0.1, -0.05) is 36.4 Å². The van der Waals surface area contributed by atoms with Gasteiger partial charge < -0.3 is 16.4 Å². The van der Waals surface area contributed by atoms with Crippen molar-refractivity contribution in [3.8, 4) is 0 Å². The Morgan fingerprint density at radius 3 is 2.34 bits per heavy atom. The van der Waals surface area contributed by atoms with E-state index in [-0.39, 0.29) is 11.6 Å². The Labute approximate surface area is 203 Å². The van der Waals surface area contributed by atoms with Crippen molar-refractivity contribution in [2.75, 3.05) is 23.7 Å². The summed E-state index contributed by atoms with van der Waals surface area (Å²) in [6.07, 6.45) is 2.50. The van der Waals surface area contributed by atoms with Crippen molar-refractivity contribution in [1.82, 2.24) is 4.90 Å². The average Bonchev–Trinajstić information content (AvgIpc) is 3.50. The minimum Gasteiger partial charge on any atom is -0.354 e. The predicted molar refractivity (Wildman–Crippen MR) is 137 cm³/mol. The van der Waals surface area contributed by atoms with E-state index in [4.69, 9.17) is 5.73 Å². The first kappa shape index (κ1) is 22.8. The second-order valence-electron chi connectivity index (χ2n) is 8.90. The lowest BCUT2D eigenvalue weighted by molar-refractivity contribution is -0.384. The first-order valence-electron chi connectivity index (χ1n) is 11.7. The Bertz CT molecular complexity index is 1290. The molecule has 0 unspecified atom stereocenters. The molecule has 1 saturated heterocycles. The zero-order chi connectivity index (χ0) is 24.4. The highest BCUT2D eigenvalue weighted by atomic mass is 16.6. The molecule has 0 radical (unpaired) electrons. The van der Waals surface area contributed by atoms with Gasteiger partial charge in [0.25, 0.3) is 11.6 Å². The van der Waals surface area contributed by atoms with Crippen LogP contribution in [0.3, 0.4) is 0 Å². The van der Waals surface area contributed by atoms with Gasteiger partial charge in [0.1, 0.15) is 0 Å². The molecule has 8 nitrogen and oxygen atoms in total. The maximum absolute atomic E-state index is 13.1. The molecule has 35 heavy (non-hydrogen) atoms. The molecular weight excluding hydrogens is 442 g/mol. The van der Waals surface area contributed by atoms with E-state index in [0.29, 0.717) is 29.1 Å². The van der Waals surface area contributed by atoms with Gasteiger partial charge in [-0.2, -0.15) is 0 Å². The number of nitrogens with one attached hydrogen (secondary N) is 2. The molecule has 0 aromatic heterocycles. The molecule has 0 aliphatic carbocycles. The Kier molecular flexibility index (Phi) is 6.31. The highest BCUT2D eigenvalue weighted by molar-refractivity contribution is 6.37. The molecule has 4 N–H and O–H groups in total. The molecule has 0 saturated carbocycles. The van der Waals surface area contributed by atoms with Crippen LogP contribution >= 0.6 is 0 Å². The highest BCUT2D eigenvalue weighted by Gasteiger charge is 2.30. The van der Waals surface area contributed by atoms with Crippen LogP contribution in [0.25, 0.3) is 11.3 Å². The lowest BCUT2D eigenvalue weighted by Gasteiger charge is -2.17. The summed E-state index contributed by atoms with van der Waals surface area (Å²) < 4.78 is 0. The van der Waals surface area contributed by atoms with E-state index < -0.39 is 4.92 Å². The summed E-state index contributed by atoms with van der Waals surface area (Å²) >= 11 is 0. The molecule has 5 rings (SSSR count). The van der Waals surface area contributed by atoms with Crippen LogP contribution in [0.5, 0.6) is 0 Å². The largest absolute Gasteiger partial charge is 0.354 e. The SMILES string of the molecule is NCc1ccc(/C(Nc2ccc(CN3CCCC3)cc2)=C2/C(=O)Nc3ccc([N+](=O)[O-])cc32)cc1. The minimum absolute atomic E-state index is 0.0677. The van der Waals surface area contributed by atoms with Crippen LogP contribution in [0.15, 0.2) is 66.7 Å². The first-order valence-corrected chi connectivity index (χ1v) is 11.7. The topological polar surface area (TPSA) is 114 Å². The van der Waals surface area contributed by atoms with Gasteiger partial charge in [0.05, 0.1) is 16.2 Å². The summed E-state index contributed by atoms with van der Waals surface area (Å²) in [6, 6.07) is 20.2. The van der Waals surface area contributed by atoms with Crippen LogP contribution in [0.2, 0.25) is 0 Å². The predicted octanol–water partition coefficient (Wildman–Crippen LogP) is 4.58. The zero-order valence-electron chi connectivity index (χ0n) is 19.3. The number of fused-ring (bicyclic) bond motifs is 1. The average molecular weight is 470 g/mol. The number of non-ortho nitro benzene ring substituents is 1. The summed E-state index contributed by atoms with van der Waals surface area (Å²) in [4.78, 5) is 26.5. The van der Waals surface area contributed by atoms with Crippen molar-refractivity contribution in [2.45, 2.75) is 25.9 Å². The number of benzene rings is 3. The molecule has 2 heterocycles. The highest BCUT2D eigenvalue weighted by Crippen LogP contribution is 2.39. The number of nitro groups is 1. The second-order valence-corrected chi connectivity index (χ2v) is 8.90. The molecule has 178 valence electrons. The summed E-state index contributed by atoms with van der Waals surface area (Å²) in [7, 11) is 0. The molecule has 0 atom stereocenters. The monoisotopic (exact) mass is 469 g/mol. The summed E-state index contributed by atoms with van der Waals surface area (Å²) in [5.41, 5.74) is 11.5. The third kappa shape index (κ3) is 4.80. The number of amides is 1. The van der Waals surface area contributed by atoms with Gasteiger partial charge in [0, 0.05) is 42.2 Å². The molecular formula is C27H27N5O3. The van der Waals surface area contributed by atoms with Crippen molar-refractivity contribution >= 4 is 34.2 Å². The smallest absolute Gasteiger partial charge is 0.270 e. The van der Waals surface area contributed by atoms with Gasteiger partial charge in [-0.25, -0.2) is 0 Å². The van der Waals surface area contributed by atoms with Crippen LogP contribution in [0.1, 0.15) is 35.1 Å². The maximum Gasteiger partial charge on any atom is 0.270 e. The Morgan fingerprint density at radius 2 is 1.69 bits per heavy atom. The fourth-order valence-electron chi connectivity index (χ4n) is 4.64. The molecule has 3 aromatic rings. The number of rotatable bonds is 7. The molecule has 0 spiro atoms. The normalized spacial score (nSPS) is 16.7. The lowest BCUT2D eigenvalue weighted by Crippen LogP contribution is -2.18. The van der Waals surface area contributed by atoms with E-state index >= 15 is 0 Å². The van der Waals surface area contributed by atoms with Crippen LogP contribution in [0.4, 0.5) is 17.1 Å². The van der Waals surface area contributed by atoms with Crippen LogP contribution in [-0.2, 0) is 17.9 Å². The first-order chi connectivity index (χ1) is 17.0. The van der Waals surface area contributed by atoms with Gasteiger partial charge in [-0.3, -0.25) is 19.8 Å². The van der Waals surface area contributed by atoms with E-state index in [1.165, 1.54) is 30.5 Å². The number of nitrogens with two attached hydrogens (primary N) is 1. The second kappa shape index (κ2) is 9.69. The molecule has 2 aliphatic rings. The van der Waals surface area contributed by atoms with Crippen LogP contribution in [0, 0.1) is 10.1 Å². The van der Waals surface area contributed by atoms with E-state index in [9.17, 15) is 14.9 Å². The van der Waals surface area contributed by atoms with Crippen molar-refractivity contribution in [2.24, 2.45) is 5.73 Å². The van der Waals surface area contributed by atoms with Crippen molar-refractivity contribution in [3.63, 3.8) is 0 Å². The van der Waals surface area contributed by atoms with Gasteiger partial charge >= 0.3 is 0 Å². The Hall–Kier alpha value is -4.01. The lowest BCUT2D eigenvalue weighted by atomic mass is 9.98. The van der Waals surface area contributed by atoms with Gasteiger partial charge in [0.2, 0.25) is 0 Å². The number of nitrogens with zero attached hydrogens (tertiary/aromatic N) is 2. The minimum atomic E-state index is -0.455. The standard InChI is InChI=1S/C27H27N5O3/c28-16-18-3-7-20(8-4-18)26(25-23-15-22(32(34)35)11-12-24(23)30-27(25)33)29-21-9-5-19(6-10-21)17-31-13-1-2-14-31/h3-12,15,29H,1-2,13-14,16-17,28H2,(H,30,33)/b26-25-. The van der Waals surface area contributed by atoms with Gasteiger partial charge in [0.15, 0.2) is 0 Å². The van der Waals surface area contributed by atoms with Gasteiger partial charge in [-0.15, -0.1) is 0 Å². The molecule has 2 aliphatic heterocycles. The molecule has 1 fully saturated rings. The van der Waals surface area contributed by atoms with Crippen molar-refractivity contribution in [1.29, 1.82) is 0 Å². The number of hydrogen-bond donors (Lipinski definition) is 3. The van der Waals surface area contributed by atoms with Gasteiger partial charge in [-0.05, 0) is 60.8 Å². The third-order valence-corrected chi connectivity index (χ3v) is 6.52. The molecule has 3 aromatic carbocycles. The molecule has 0 bridgehead atoms. The zero-order valence-corrected chi connectivity index (χ0v) is 19.3. The van der Waals surface area contributed by atoms with E-state index in [1.54, 1.807) is 6.07 Å². The van der Waals surface area contributed by atoms with Crippen LogP contribution < -0.4 is 16.4 Å². The number of likely N-dealkylation sites (tertiary alicyclic amines) is 1. The maximum atomic E-state index is 13.1. The Morgan fingerprint density at radius 1 is 1.00 bits per heavy atom. The summed E-state index contributed by atoms with van der Waals surface area (Å²) in [5, 5.41) is 17.7. The summed E-state index contributed by atoms with van der Waals surface area (Å²) in [5.74, 6) is -0.309. The van der Waals surface area contributed by atoms with Crippen molar-refractivity contribution in [3.05, 3.63) is 99.1 Å².